The molecule has 0 saturated carbocycles. The molecule has 9 heteroatoms. The second kappa shape index (κ2) is 7.74. The van der Waals surface area contributed by atoms with Crippen LogP contribution in [0.2, 0.25) is 0 Å². The van der Waals surface area contributed by atoms with E-state index in [9.17, 15) is 19.2 Å². The van der Waals surface area contributed by atoms with Gasteiger partial charge in [-0.15, -0.1) is 0 Å². The molecule has 0 radical (unpaired) electrons. The third kappa shape index (κ3) is 5.32. The van der Waals surface area contributed by atoms with Crippen molar-refractivity contribution in [2.45, 2.75) is 52.3 Å². The zero-order valence-electron chi connectivity index (χ0n) is 12.7. The van der Waals surface area contributed by atoms with Crippen LogP contribution in [-0.2, 0) is 42.9 Å². The maximum absolute atomic E-state index is 11.3. The van der Waals surface area contributed by atoms with Crippen molar-refractivity contribution in [3.05, 3.63) is 0 Å². The highest BCUT2D eigenvalue weighted by Gasteiger charge is 2.48. The molecule has 0 N–H and O–H groups in total. The highest BCUT2D eigenvalue weighted by Crippen LogP contribution is 2.25. The fourth-order valence-electron chi connectivity index (χ4n) is 1.97. The van der Waals surface area contributed by atoms with Gasteiger partial charge in [0, 0.05) is 27.7 Å². The summed E-state index contributed by atoms with van der Waals surface area (Å²) < 4.78 is 25.2. The van der Waals surface area contributed by atoms with Crippen LogP contribution in [-0.4, -0.2) is 55.1 Å². The Labute approximate surface area is 126 Å². The molecule has 1 rings (SSSR count). The van der Waals surface area contributed by atoms with Gasteiger partial charge in [-0.2, -0.15) is 0 Å². The Bertz CT molecular complexity index is 416. The van der Waals surface area contributed by atoms with Gasteiger partial charge in [-0.25, -0.2) is 0 Å². The van der Waals surface area contributed by atoms with Crippen LogP contribution in [0.25, 0.3) is 0 Å². The first kappa shape index (κ1) is 17.9. The molecule has 124 valence electrons. The summed E-state index contributed by atoms with van der Waals surface area (Å²) in [5.74, 6) is -2.68. The van der Waals surface area contributed by atoms with Gasteiger partial charge >= 0.3 is 23.9 Å². The highest BCUT2D eigenvalue weighted by molar-refractivity contribution is 5.69. The second-order valence-corrected chi connectivity index (χ2v) is 4.61. The molecule has 9 nitrogen and oxygen atoms in total. The van der Waals surface area contributed by atoms with E-state index in [1.807, 2.05) is 0 Å². The Kier molecular flexibility index (Phi) is 6.29. The maximum atomic E-state index is 11.3. The first-order chi connectivity index (χ1) is 10.2. The van der Waals surface area contributed by atoms with E-state index < -0.39 is 48.5 Å². The molecule has 1 fully saturated rings. The summed E-state index contributed by atoms with van der Waals surface area (Å²) >= 11 is 0. The van der Waals surface area contributed by atoms with Crippen LogP contribution in [0.4, 0.5) is 0 Å². The number of ether oxygens (including phenoxy) is 5. The third-order valence-electron chi connectivity index (χ3n) is 2.59. The van der Waals surface area contributed by atoms with Crippen molar-refractivity contribution in [2.75, 3.05) is 6.61 Å². The molecule has 0 aromatic carbocycles. The highest BCUT2D eigenvalue weighted by atomic mass is 16.7. The van der Waals surface area contributed by atoms with Gasteiger partial charge in [0.2, 0.25) is 12.4 Å². The van der Waals surface area contributed by atoms with Crippen molar-refractivity contribution in [2.24, 2.45) is 0 Å². The average Bonchev–Trinajstić information content (AvgIpc) is 2.34. The lowest BCUT2D eigenvalue weighted by Gasteiger charge is -2.39. The summed E-state index contributed by atoms with van der Waals surface area (Å²) in [6, 6.07) is 0. The van der Waals surface area contributed by atoms with E-state index in [-0.39, 0.29) is 6.61 Å². The summed E-state index contributed by atoms with van der Waals surface area (Å²) in [5.41, 5.74) is 0. The van der Waals surface area contributed by atoms with Gasteiger partial charge in [-0.1, -0.05) is 0 Å². The molecule has 0 aromatic heterocycles. The van der Waals surface area contributed by atoms with Crippen molar-refractivity contribution in [3.63, 3.8) is 0 Å². The van der Waals surface area contributed by atoms with Gasteiger partial charge in [-0.05, 0) is 0 Å². The van der Waals surface area contributed by atoms with Crippen LogP contribution in [0.15, 0.2) is 0 Å². The lowest BCUT2D eigenvalue weighted by Crippen LogP contribution is -2.58. The van der Waals surface area contributed by atoms with Crippen molar-refractivity contribution in [3.8, 4) is 0 Å². The Morgan fingerprint density at radius 3 is 1.64 bits per heavy atom. The first-order valence-corrected chi connectivity index (χ1v) is 6.51. The zero-order valence-corrected chi connectivity index (χ0v) is 12.7. The Morgan fingerprint density at radius 2 is 1.18 bits per heavy atom. The van der Waals surface area contributed by atoms with Crippen LogP contribution in [0.1, 0.15) is 27.7 Å². The van der Waals surface area contributed by atoms with Crippen LogP contribution in [0, 0.1) is 0 Å². The molecule has 0 aliphatic carbocycles. The van der Waals surface area contributed by atoms with E-state index in [2.05, 4.69) is 0 Å². The van der Waals surface area contributed by atoms with E-state index in [1.54, 1.807) is 0 Å². The topological polar surface area (TPSA) is 114 Å². The predicted molar refractivity (Wildman–Crippen MR) is 68.2 cm³/mol. The summed E-state index contributed by atoms with van der Waals surface area (Å²) in [7, 11) is 0. The number of hydrogen-bond donors (Lipinski definition) is 0. The number of carbonyl (C=O) groups is 4. The van der Waals surface area contributed by atoms with E-state index in [0.29, 0.717) is 0 Å². The molecule has 0 aromatic rings. The fraction of sp³-hybridized carbons (Fsp3) is 0.692. The van der Waals surface area contributed by atoms with Gasteiger partial charge in [0.25, 0.3) is 0 Å². The number of esters is 4. The van der Waals surface area contributed by atoms with Gasteiger partial charge < -0.3 is 23.7 Å². The minimum Gasteiger partial charge on any atom is -0.456 e. The minimum absolute atomic E-state index is 0.187. The van der Waals surface area contributed by atoms with Gasteiger partial charge in [0.05, 0.1) is 6.61 Å². The van der Waals surface area contributed by atoms with Crippen LogP contribution in [0.5, 0.6) is 0 Å². The van der Waals surface area contributed by atoms with E-state index in [4.69, 9.17) is 23.7 Å². The van der Waals surface area contributed by atoms with Crippen molar-refractivity contribution >= 4 is 23.9 Å². The summed E-state index contributed by atoms with van der Waals surface area (Å²) in [5, 5.41) is 0. The molecule has 4 atom stereocenters. The molecule has 22 heavy (non-hydrogen) atoms. The quantitative estimate of drug-likeness (QED) is 0.509. The smallest absolute Gasteiger partial charge is 0.305 e. The molecular formula is C13H18O9. The zero-order chi connectivity index (χ0) is 16.9. The van der Waals surface area contributed by atoms with Crippen molar-refractivity contribution in [1.82, 2.24) is 0 Å². The van der Waals surface area contributed by atoms with Crippen molar-refractivity contribution < 1.29 is 42.9 Å². The lowest BCUT2D eigenvalue weighted by atomic mass is 10.0. The average molecular weight is 318 g/mol. The van der Waals surface area contributed by atoms with E-state index in [1.165, 1.54) is 6.92 Å². The molecule has 1 aliphatic rings. The van der Waals surface area contributed by atoms with Crippen LogP contribution >= 0.6 is 0 Å². The van der Waals surface area contributed by atoms with E-state index in [0.717, 1.165) is 20.8 Å². The molecule has 0 bridgehead atoms. The lowest BCUT2D eigenvalue weighted by molar-refractivity contribution is -0.273. The Hall–Kier alpha value is -2.16. The molecule has 1 saturated heterocycles. The Balaban J connectivity index is 3.03. The SMILES string of the molecule is CC(=O)OC1C(OC(C)=O)[C@@H](OC(C)=O)CO[C@H]1OC(C)=O. The van der Waals surface area contributed by atoms with Gasteiger partial charge in [0.1, 0.15) is 0 Å². The maximum Gasteiger partial charge on any atom is 0.305 e. The largest absolute Gasteiger partial charge is 0.456 e. The summed E-state index contributed by atoms with van der Waals surface area (Å²) in [4.78, 5) is 44.7. The van der Waals surface area contributed by atoms with Crippen LogP contribution < -0.4 is 0 Å². The molecule has 1 aliphatic heterocycles. The molecule has 0 amide bonds. The monoisotopic (exact) mass is 318 g/mol. The number of rotatable bonds is 4. The molecule has 0 spiro atoms. The predicted octanol–water partition coefficient (Wildman–Crippen LogP) is -0.299. The molecular weight excluding hydrogens is 300 g/mol. The first-order valence-electron chi connectivity index (χ1n) is 6.51. The van der Waals surface area contributed by atoms with Crippen LogP contribution in [0.3, 0.4) is 0 Å². The Morgan fingerprint density at radius 1 is 0.727 bits per heavy atom. The summed E-state index contributed by atoms with van der Waals surface area (Å²) in [6.45, 7) is 4.40. The van der Waals surface area contributed by atoms with Gasteiger partial charge in [-0.3, -0.25) is 19.2 Å². The fourth-order valence-corrected chi connectivity index (χ4v) is 1.97. The van der Waals surface area contributed by atoms with Crippen molar-refractivity contribution in [1.29, 1.82) is 0 Å². The number of carbonyl (C=O) groups excluding carboxylic acids is 4. The second-order valence-electron chi connectivity index (χ2n) is 4.61. The molecule has 2 unspecified atom stereocenters. The summed E-state index contributed by atoms with van der Waals surface area (Å²) in [6.07, 6.45) is -4.65. The van der Waals surface area contributed by atoms with E-state index >= 15 is 0 Å². The van der Waals surface area contributed by atoms with Gasteiger partial charge in [0.15, 0.2) is 12.2 Å². The third-order valence-corrected chi connectivity index (χ3v) is 2.59. The minimum atomic E-state index is -1.27. The standard InChI is InChI=1S/C13H18O9/c1-6(14)19-10-5-18-13(22-9(4)17)12(21-8(3)16)11(10)20-7(2)15/h10-13H,5H2,1-4H3/t10-,11?,12?,13-/m0/s1. The normalized spacial score (nSPS) is 27.5. The molecule has 1 heterocycles. The number of hydrogen-bond acceptors (Lipinski definition) is 9.